The molecule has 0 bridgehead atoms. The van der Waals surface area contributed by atoms with E-state index in [1.165, 1.54) is 0 Å². The number of H-pyrrole nitrogens is 1. The highest BCUT2D eigenvalue weighted by Crippen LogP contribution is 2.20. The van der Waals surface area contributed by atoms with Crippen LogP contribution < -0.4 is 5.32 Å². The van der Waals surface area contributed by atoms with Crippen molar-refractivity contribution in [1.82, 2.24) is 30.3 Å². The Morgan fingerprint density at radius 3 is 2.86 bits per heavy atom. The fourth-order valence-electron chi connectivity index (χ4n) is 2.28. The fourth-order valence-corrected chi connectivity index (χ4v) is 2.28. The molecule has 6 nitrogen and oxygen atoms in total. The van der Waals surface area contributed by atoms with Gasteiger partial charge in [0.25, 0.3) is 0 Å². The van der Waals surface area contributed by atoms with E-state index in [1.54, 1.807) is 12.4 Å². The fraction of sp³-hybridized carbons (Fsp3) is 0.267. The topological polar surface area (TPSA) is 71.4 Å². The first-order chi connectivity index (χ1) is 10.4. The van der Waals surface area contributed by atoms with Crippen molar-refractivity contribution in [3.8, 4) is 5.69 Å². The van der Waals surface area contributed by atoms with Gasteiger partial charge in [-0.25, -0.2) is 9.67 Å². The Morgan fingerprint density at radius 2 is 2.14 bits per heavy atom. The normalized spacial score (nSPS) is 12.4. The van der Waals surface area contributed by atoms with E-state index in [1.807, 2.05) is 41.2 Å². The number of para-hydroxylation sites is 1. The van der Waals surface area contributed by atoms with E-state index >= 15 is 0 Å². The monoisotopic (exact) mass is 282 g/mol. The summed E-state index contributed by atoms with van der Waals surface area (Å²) in [6.07, 6.45) is 6.41. The van der Waals surface area contributed by atoms with Gasteiger partial charge >= 0.3 is 0 Å². The second-order valence-corrected chi connectivity index (χ2v) is 4.77. The van der Waals surface area contributed by atoms with Gasteiger partial charge in [0, 0.05) is 12.4 Å². The Labute approximate surface area is 123 Å². The van der Waals surface area contributed by atoms with Crippen molar-refractivity contribution in [2.75, 3.05) is 6.54 Å². The molecular weight excluding hydrogens is 264 g/mol. The molecule has 3 rings (SSSR count). The lowest BCUT2D eigenvalue weighted by Gasteiger charge is -2.17. The standard InChI is InChI=1S/C15H18N6/c1-2-8-16-14(15-17-9-10-18-15)13-11-19-20-21(13)12-6-4-3-5-7-12/h3-7,9-11,14,16H,2,8H2,1H3,(H,17,18). The van der Waals surface area contributed by atoms with Gasteiger partial charge in [-0.3, -0.25) is 0 Å². The molecule has 0 aliphatic rings. The van der Waals surface area contributed by atoms with Crippen LogP contribution in [-0.4, -0.2) is 31.5 Å². The number of nitrogens with one attached hydrogen (secondary N) is 2. The predicted octanol–water partition coefficient (Wildman–Crippen LogP) is 2.08. The third kappa shape index (κ3) is 2.85. The number of aromatic nitrogens is 5. The molecule has 2 N–H and O–H groups in total. The van der Waals surface area contributed by atoms with Crippen LogP contribution in [0.2, 0.25) is 0 Å². The van der Waals surface area contributed by atoms with E-state index in [0.29, 0.717) is 0 Å². The van der Waals surface area contributed by atoms with Crippen LogP contribution in [0.25, 0.3) is 5.69 Å². The van der Waals surface area contributed by atoms with E-state index in [-0.39, 0.29) is 6.04 Å². The van der Waals surface area contributed by atoms with E-state index < -0.39 is 0 Å². The molecule has 0 radical (unpaired) electrons. The van der Waals surface area contributed by atoms with Crippen LogP contribution in [0.15, 0.2) is 48.9 Å². The minimum atomic E-state index is -0.0600. The highest BCUT2D eigenvalue weighted by atomic mass is 15.4. The number of hydrogen-bond acceptors (Lipinski definition) is 4. The van der Waals surface area contributed by atoms with Gasteiger partial charge in [-0.15, -0.1) is 5.10 Å². The first-order valence-corrected chi connectivity index (χ1v) is 7.09. The Bertz CT molecular complexity index is 659. The van der Waals surface area contributed by atoms with Crippen LogP contribution in [0, 0.1) is 0 Å². The molecule has 0 amide bonds. The summed E-state index contributed by atoms with van der Waals surface area (Å²) in [5.41, 5.74) is 1.95. The lowest BCUT2D eigenvalue weighted by molar-refractivity contribution is 0.549. The van der Waals surface area contributed by atoms with E-state index in [4.69, 9.17) is 0 Å². The molecule has 0 fully saturated rings. The average molecular weight is 282 g/mol. The van der Waals surface area contributed by atoms with Gasteiger partial charge < -0.3 is 10.3 Å². The number of hydrogen-bond donors (Lipinski definition) is 2. The van der Waals surface area contributed by atoms with Crippen LogP contribution in [0.4, 0.5) is 0 Å². The summed E-state index contributed by atoms with van der Waals surface area (Å²) < 4.78 is 1.84. The quantitative estimate of drug-likeness (QED) is 0.726. The summed E-state index contributed by atoms with van der Waals surface area (Å²) in [6, 6.07) is 9.92. The molecule has 21 heavy (non-hydrogen) atoms. The molecule has 0 aliphatic carbocycles. The van der Waals surface area contributed by atoms with E-state index in [0.717, 1.165) is 30.2 Å². The zero-order valence-corrected chi connectivity index (χ0v) is 11.9. The summed E-state index contributed by atoms with van der Waals surface area (Å²) >= 11 is 0. The van der Waals surface area contributed by atoms with Crippen LogP contribution >= 0.6 is 0 Å². The van der Waals surface area contributed by atoms with Crippen molar-refractivity contribution in [2.24, 2.45) is 0 Å². The Balaban J connectivity index is 1.99. The molecule has 1 aromatic carbocycles. The van der Waals surface area contributed by atoms with Crippen molar-refractivity contribution in [1.29, 1.82) is 0 Å². The Kier molecular flexibility index (Phi) is 4.07. The zero-order valence-electron chi connectivity index (χ0n) is 11.9. The number of nitrogens with zero attached hydrogens (tertiary/aromatic N) is 4. The first-order valence-electron chi connectivity index (χ1n) is 7.09. The molecule has 2 aromatic heterocycles. The van der Waals surface area contributed by atoms with Gasteiger partial charge in [0.1, 0.15) is 11.9 Å². The van der Waals surface area contributed by atoms with Crippen LogP contribution in [0.5, 0.6) is 0 Å². The van der Waals surface area contributed by atoms with Gasteiger partial charge in [0.15, 0.2) is 0 Å². The van der Waals surface area contributed by atoms with E-state index in [2.05, 4.69) is 32.5 Å². The van der Waals surface area contributed by atoms with Crippen LogP contribution in [-0.2, 0) is 0 Å². The Hall–Kier alpha value is -2.47. The maximum absolute atomic E-state index is 4.37. The largest absolute Gasteiger partial charge is 0.347 e. The third-order valence-corrected chi connectivity index (χ3v) is 3.26. The number of benzene rings is 1. The molecule has 108 valence electrons. The summed E-state index contributed by atoms with van der Waals surface area (Å²) in [5, 5.41) is 11.8. The SMILES string of the molecule is CCCNC(c1ncc[nH]1)c1cnnn1-c1ccccc1. The van der Waals surface area contributed by atoms with Gasteiger partial charge in [-0.2, -0.15) is 0 Å². The van der Waals surface area contributed by atoms with Crippen molar-refractivity contribution in [3.05, 3.63) is 60.4 Å². The lowest BCUT2D eigenvalue weighted by Crippen LogP contribution is -2.26. The molecule has 0 aliphatic heterocycles. The number of imidazole rings is 1. The second kappa shape index (κ2) is 6.32. The molecule has 1 atom stereocenters. The zero-order chi connectivity index (χ0) is 14.5. The van der Waals surface area contributed by atoms with Gasteiger partial charge in [0.2, 0.25) is 0 Å². The number of aromatic amines is 1. The molecule has 0 spiro atoms. The molecule has 6 heteroatoms. The molecule has 1 unspecified atom stereocenters. The summed E-state index contributed by atoms with van der Waals surface area (Å²) in [7, 11) is 0. The van der Waals surface area contributed by atoms with Gasteiger partial charge in [0.05, 0.1) is 17.6 Å². The predicted molar refractivity (Wildman–Crippen MR) is 80.1 cm³/mol. The van der Waals surface area contributed by atoms with Crippen molar-refractivity contribution in [2.45, 2.75) is 19.4 Å². The van der Waals surface area contributed by atoms with Crippen molar-refractivity contribution in [3.63, 3.8) is 0 Å². The maximum Gasteiger partial charge on any atom is 0.129 e. The summed E-state index contributed by atoms with van der Waals surface area (Å²) in [4.78, 5) is 7.54. The third-order valence-electron chi connectivity index (χ3n) is 3.26. The molecule has 2 heterocycles. The van der Waals surface area contributed by atoms with E-state index in [9.17, 15) is 0 Å². The minimum absolute atomic E-state index is 0.0600. The average Bonchev–Trinajstić information content (AvgIpc) is 3.20. The summed E-state index contributed by atoms with van der Waals surface area (Å²) in [6.45, 7) is 3.03. The lowest BCUT2D eigenvalue weighted by atomic mass is 10.2. The van der Waals surface area contributed by atoms with Crippen LogP contribution in [0.1, 0.15) is 30.9 Å². The second-order valence-electron chi connectivity index (χ2n) is 4.77. The van der Waals surface area contributed by atoms with Gasteiger partial charge in [-0.05, 0) is 25.1 Å². The highest BCUT2D eigenvalue weighted by Gasteiger charge is 2.21. The maximum atomic E-state index is 4.37. The number of rotatable bonds is 6. The molecule has 3 aromatic rings. The molecule has 0 saturated heterocycles. The van der Waals surface area contributed by atoms with Crippen molar-refractivity contribution < 1.29 is 0 Å². The highest BCUT2D eigenvalue weighted by molar-refractivity contribution is 5.33. The van der Waals surface area contributed by atoms with Crippen molar-refractivity contribution >= 4 is 0 Å². The molecular formula is C15H18N6. The van der Waals surface area contributed by atoms with Gasteiger partial charge in [-0.1, -0.05) is 30.3 Å². The minimum Gasteiger partial charge on any atom is -0.347 e. The first kappa shape index (κ1) is 13.5. The van der Waals surface area contributed by atoms with Crippen LogP contribution in [0.3, 0.4) is 0 Å². The molecule has 0 saturated carbocycles. The Morgan fingerprint density at radius 1 is 1.29 bits per heavy atom. The summed E-state index contributed by atoms with van der Waals surface area (Å²) in [5.74, 6) is 0.864. The smallest absolute Gasteiger partial charge is 0.129 e.